The maximum absolute atomic E-state index is 12.6. The number of esters is 1. The molecule has 0 saturated carbocycles. The molecule has 2 aromatic rings. The van der Waals surface area contributed by atoms with E-state index in [0.717, 1.165) is 30.9 Å². The topological polar surface area (TPSA) is 146 Å². The van der Waals surface area contributed by atoms with Gasteiger partial charge in [-0.1, -0.05) is 29.3 Å². The number of aliphatic carboxylic acids is 1. The van der Waals surface area contributed by atoms with Gasteiger partial charge in [0, 0.05) is 34.3 Å². The number of alkyl halides is 3. The Morgan fingerprint density at radius 2 is 1.76 bits per heavy atom. The van der Waals surface area contributed by atoms with E-state index >= 15 is 0 Å². The molecule has 10 nitrogen and oxygen atoms in total. The molecule has 0 aromatic heterocycles. The van der Waals surface area contributed by atoms with Gasteiger partial charge in [-0.25, -0.2) is 4.79 Å². The number of amidine groups is 1. The molecule has 3 rings (SSSR count). The van der Waals surface area contributed by atoms with Crippen LogP contribution in [0.15, 0.2) is 47.5 Å². The predicted octanol–water partition coefficient (Wildman–Crippen LogP) is 4.77. The van der Waals surface area contributed by atoms with Crippen LogP contribution in [-0.2, 0) is 19.1 Å². The van der Waals surface area contributed by atoms with E-state index in [1.807, 2.05) is 6.07 Å². The van der Waals surface area contributed by atoms with E-state index in [-0.39, 0.29) is 19.6 Å². The minimum Gasteiger partial charge on any atom is -0.475 e. The lowest BCUT2D eigenvalue weighted by atomic mass is 10.0. The van der Waals surface area contributed by atoms with Crippen LogP contribution in [0.2, 0.25) is 10.0 Å². The number of carbonyl (C=O) groups excluding carboxylic acids is 3. The number of carboxylic acid groups (broad SMARTS) is 1. The van der Waals surface area contributed by atoms with E-state index in [1.54, 1.807) is 43.3 Å². The first-order chi connectivity index (χ1) is 19.3. The number of carbonyl (C=O) groups is 4. The van der Waals surface area contributed by atoms with Gasteiger partial charge in [0.15, 0.2) is 0 Å². The van der Waals surface area contributed by atoms with Crippen molar-refractivity contribution in [1.82, 2.24) is 10.6 Å². The molecule has 15 heteroatoms. The van der Waals surface area contributed by atoms with Gasteiger partial charge in [0.05, 0.1) is 25.6 Å². The molecule has 1 aliphatic rings. The normalized spacial score (nSPS) is 13.2. The van der Waals surface area contributed by atoms with Gasteiger partial charge in [-0.3, -0.25) is 19.4 Å². The lowest BCUT2D eigenvalue weighted by molar-refractivity contribution is -0.192. The second-order valence-corrected chi connectivity index (χ2v) is 9.33. The van der Waals surface area contributed by atoms with E-state index in [1.165, 1.54) is 0 Å². The van der Waals surface area contributed by atoms with E-state index < -0.39 is 36.0 Å². The summed E-state index contributed by atoms with van der Waals surface area (Å²) < 4.78 is 36.7. The first-order valence-corrected chi connectivity index (χ1v) is 12.9. The number of nitrogens with one attached hydrogen (secondary N) is 3. The van der Waals surface area contributed by atoms with Crippen molar-refractivity contribution < 1.29 is 42.2 Å². The van der Waals surface area contributed by atoms with Gasteiger partial charge in [-0.05, 0) is 55.3 Å². The molecule has 222 valence electrons. The highest BCUT2D eigenvalue weighted by atomic mass is 35.5. The molecule has 1 unspecified atom stereocenters. The van der Waals surface area contributed by atoms with Gasteiger partial charge in [0.2, 0.25) is 5.91 Å². The highest BCUT2D eigenvalue weighted by Gasteiger charge is 2.38. The van der Waals surface area contributed by atoms with Crippen LogP contribution < -0.4 is 16.0 Å². The van der Waals surface area contributed by atoms with Crippen molar-refractivity contribution in [2.75, 3.05) is 25.0 Å². The van der Waals surface area contributed by atoms with Gasteiger partial charge >= 0.3 is 18.1 Å². The summed E-state index contributed by atoms with van der Waals surface area (Å²) in [5.74, 6) is -3.23. The zero-order valence-corrected chi connectivity index (χ0v) is 23.2. The van der Waals surface area contributed by atoms with Crippen molar-refractivity contribution in [3.63, 3.8) is 0 Å². The average Bonchev–Trinajstić information content (AvgIpc) is 3.39. The zero-order chi connectivity index (χ0) is 30.6. The van der Waals surface area contributed by atoms with Gasteiger partial charge in [-0.2, -0.15) is 13.2 Å². The predicted molar refractivity (Wildman–Crippen MR) is 146 cm³/mol. The third-order valence-corrected chi connectivity index (χ3v) is 5.67. The molecule has 1 atom stereocenters. The van der Waals surface area contributed by atoms with Crippen LogP contribution in [0.4, 0.5) is 18.9 Å². The summed E-state index contributed by atoms with van der Waals surface area (Å²) in [7, 11) is 0. The molecule has 0 bridgehead atoms. The number of hydrogen-bond donors (Lipinski definition) is 4. The molecule has 2 amide bonds. The van der Waals surface area contributed by atoms with Crippen molar-refractivity contribution >= 4 is 58.5 Å². The summed E-state index contributed by atoms with van der Waals surface area (Å²) in [6, 6.07) is 11.0. The molecule has 0 spiro atoms. The first-order valence-electron chi connectivity index (χ1n) is 12.2. The average molecular weight is 619 g/mol. The van der Waals surface area contributed by atoms with E-state index in [2.05, 4.69) is 20.9 Å². The second-order valence-electron chi connectivity index (χ2n) is 8.46. The first kappa shape index (κ1) is 33.4. The molecule has 0 radical (unpaired) electrons. The number of anilines is 1. The zero-order valence-electron chi connectivity index (χ0n) is 21.7. The fourth-order valence-electron chi connectivity index (χ4n) is 3.47. The van der Waals surface area contributed by atoms with Crippen LogP contribution in [0.1, 0.15) is 48.1 Å². The van der Waals surface area contributed by atoms with Crippen molar-refractivity contribution in [3.05, 3.63) is 63.6 Å². The number of halogens is 5. The van der Waals surface area contributed by atoms with Crippen LogP contribution in [0.25, 0.3) is 0 Å². The third-order valence-electron chi connectivity index (χ3n) is 5.24. The van der Waals surface area contributed by atoms with Crippen LogP contribution in [0.5, 0.6) is 0 Å². The fourth-order valence-corrected chi connectivity index (χ4v) is 4.01. The molecule has 1 aliphatic heterocycles. The fraction of sp³-hybridized carbons (Fsp3) is 0.346. The summed E-state index contributed by atoms with van der Waals surface area (Å²) in [5, 5.41) is 16.4. The smallest absolute Gasteiger partial charge is 0.475 e. The van der Waals surface area contributed by atoms with Crippen molar-refractivity contribution in [2.45, 2.75) is 38.4 Å². The SMILES string of the molecule is CCOC(=O)CC(NC(=O)CNC(=O)c1cccc(NC2=NCCC2)c1)c1cc(Cl)cc(Cl)c1.O=C(O)C(F)(F)F. The summed E-state index contributed by atoms with van der Waals surface area (Å²) in [5.41, 5.74) is 1.71. The Morgan fingerprint density at radius 3 is 2.32 bits per heavy atom. The third kappa shape index (κ3) is 12.1. The van der Waals surface area contributed by atoms with Gasteiger partial charge in [0.1, 0.15) is 5.84 Å². The Morgan fingerprint density at radius 1 is 1.10 bits per heavy atom. The molecule has 0 aliphatic carbocycles. The molecule has 41 heavy (non-hydrogen) atoms. The monoisotopic (exact) mass is 618 g/mol. The largest absolute Gasteiger partial charge is 0.490 e. The number of aliphatic imine (C=N–C) groups is 1. The van der Waals surface area contributed by atoms with Crippen LogP contribution >= 0.6 is 23.2 Å². The maximum atomic E-state index is 12.6. The standard InChI is InChI=1S/C24H26Cl2N4O4.C2HF3O2/c1-2-34-23(32)13-20(16-9-17(25)12-18(26)10-16)30-22(31)14-28-24(33)15-5-3-6-19(11-15)29-21-7-4-8-27-21;3-2(4,5)1(6)7/h3,5-6,9-12,20H,2,4,7-8,13-14H2,1H3,(H,27,29)(H,28,33)(H,30,31);(H,6,7). The minimum atomic E-state index is -5.08. The summed E-state index contributed by atoms with van der Waals surface area (Å²) in [6.07, 6.45) is -3.31. The molecule has 0 saturated heterocycles. The minimum absolute atomic E-state index is 0.109. The van der Waals surface area contributed by atoms with Crippen molar-refractivity contribution in [1.29, 1.82) is 0 Å². The van der Waals surface area contributed by atoms with Gasteiger partial charge in [-0.15, -0.1) is 0 Å². The second kappa shape index (κ2) is 15.8. The van der Waals surface area contributed by atoms with Gasteiger partial charge < -0.3 is 25.8 Å². The lowest BCUT2D eigenvalue weighted by Gasteiger charge is -2.19. The number of ether oxygens (including phenoxy) is 1. The molecular weight excluding hydrogens is 592 g/mol. The Bertz CT molecular complexity index is 1270. The van der Waals surface area contributed by atoms with E-state index in [9.17, 15) is 27.6 Å². The summed E-state index contributed by atoms with van der Waals surface area (Å²) >= 11 is 12.2. The highest BCUT2D eigenvalue weighted by Crippen LogP contribution is 2.26. The molecule has 0 fully saturated rings. The quantitative estimate of drug-likeness (QED) is 0.296. The molecular formula is C26H27Cl2F3N4O6. The Kier molecular flexibility index (Phi) is 12.9. The Balaban J connectivity index is 0.000000745. The highest BCUT2D eigenvalue weighted by molar-refractivity contribution is 6.34. The lowest BCUT2D eigenvalue weighted by Crippen LogP contribution is -2.39. The Labute approximate surface area is 243 Å². The number of carboxylic acids is 1. The van der Waals surface area contributed by atoms with Crippen LogP contribution in [0, 0.1) is 0 Å². The van der Waals surface area contributed by atoms with Gasteiger partial charge in [0.25, 0.3) is 5.91 Å². The number of benzene rings is 2. The number of rotatable bonds is 9. The van der Waals surface area contributed by atoms with Crippen LogP contribution in [0.3, 0.4) is 0 Å². The van der Waals surface area contributed by atoms with Crippen LogP contribution in [-0.4, -0.2) is 60.6 Å². The number of nitrogens with zero attached hydrogens (tertiary/aromatic N) is 1. The van der Waals surface area contributed by atoms with E-state index in [0.29, 0.717) is 21.2 Å². The summed E-state index contributed by atoms with van der Waals surface area (Å²) in [6.45, 7) is 2.43. The Hall–Kier alpha value is -3.84. The summed E-state index contributed by atoms with van der Waals surface area (Å²) in [4.78, 5) is 50.5. The van der Waals surface area contributed by atoms with Crippen molar-refractivity contribution in [3.8, 4) is 0 Å². The molecule has 2 aromatic carbocycles. The number of amides is 2. The maximum Gasteiger partial charge on any atom is 0.490 e. The number of hydrogen-bond acceptors (Lipinski definition) is 7. The molecule has 4 N–H and O–H groups in total. The van der Waals surface area contributed by atoms with E-state index in [4.69, 9.17) is 37.8 Å². The molecule has 1 heterocycles. The van der Waals surface area contributed by atoms with Crippen molar-refractivity contribution in [2.24, 2.45) is 4.99 Å².